The van der Waals surface area contributed by atoms with E-state index in [-0.39, 0.29) is 0 Å². The molecule has 9 heteroatoms. The van der Waals surface area contributed by atoms with E-state index in [9.17, 15) is 0 Å². The number of hydrogen-bond acceptors (Lipinski definition) is 6. The molecule has 235 valence electrons. The lowest BCUT2D eigenvalue weighted by atomic mass is 9.87. The first-order valence-electron chi connectivity index (χ1n) is 15.1. The molecule has 0 saturated carbocycles. The fourth-order valence-electron chi connectivity index (χ4n) is 4.78. The Morgan fingerprint density at radius 1 is 0.558 bits per heavy atom. The van der Waals surface area contributed by atoms with E-state index in [4.69, 9.17) is 18.1 Å². The third-order valence-corrected chi connectivity index (χ3v) is 14.3. The minimum absolute atomic E-state index is 0.393. The molecule has 0 heterocycles. The number of rotatable bonds is 13. The van der Waals surface area contributed by atoms with Gasteiger partial charge in [0.1, 0.15) is 0 Å². The standard InChI is InChI=1S/C34H49O6P2Si/c1-24(2)37-41(35,38-25(3)4)31-22-28(34(9,10)11)23-32(42(36,39-26(5)6)40-27(7)8)33(31)43(29-18-14-12-15-19-29)30-20-16-13-17-21-30/h12-27H,1-11H3. The van der Waals surface area contributed by atoms with Gasteiger partial charge in [0.2, 0.25) is 0 Å². The van der Waals surface area contributed by atoms with Crippen LogP contribution < -0.4 is 36.0 Å². The van der Waals surface area contributed by atoms with Crippen molar-refractivity contribution in [2.45, 2.75) is 106 Å². The normalized spacial score (nSPS) is 13.3. The van der Waals surface area contributed by atoms with Gasteiger partial charge in [-0.05, 0) is 78.5 Å². The third kappa shape index (κ3) is 9.26. The van der Waals surface area contributed by atoms with Crippen LogP contribution in [0, 0.1) is 0 Å². The molecule has 3 aromatic rings. The van der Waals surface area contributed by atoms with Crippen molar-refractivity contribution in [2.24, 2.45) is 0 Å². The first-order chi connectivity index (χ1) is 20.0. The fraction of sp³-hybridized carbons (Fsp3) is 0.471. The molecule has 0 fully saturated rings. The maximum absolute atomic E-state index is 15.2. The van der Waals surface area contributed by atoms with Crippen molar-refractivity contribution in [3.05, 3.63) is 78.4 Å². The molecule has 1 radical (unpaired) electrons. The quantitative estimate of drug-likeness (QED) is 0.153. The highest BCUT2D eigenvalue weighted by Crippen LogP contribution is 2.56. The molecule has 0 spiro atoms. The Morgan fingerprint density at radius 3 is 1.12 bits per heavy atom. The summed E-state index contributed by atoms with van der Waals surface area (Å²) in [4.78, 5) is 30.5. The average molecular weight is 644 g/mol. The molecule has 0 amide bonds. The molecule has 0 aliphatic carbocycles. The van der Waals surface area contributed by atoms with Crippen LogP contribution in [0.3, 0.4) is 0 Å². The van der Waals surface area contributed by atoms with Crippen molar-refractivity contribution in [3.8, 4) is 0 Å². The molecule has 6 nitrogen and oxygen atoms in total. The Morgan fingerprint density at radius 2 is 0.860 bits per heavy atom. The summed E-state index contributed by atoms with van der Waals surface area (Å²) in [7, 11) is -9.94. The topological polar surface area (TPSA) is 83.0 Å². The van der Waals surface area contributed by atoms with Gasteiger partial charge >= 0.3 is 0 Å². The third-order valence-electron chi connectivity index (χ3n) is 6.33. The van der Waals surface area contributed by atoms with Gasteiger partial charge in [0.15, 0.2) is 19.4 Å². The molecule has 43 heavy (non-hydrogen) atoms. The van der Waals surface area contributed by atoms with Crippen LogP contribution in [-0.2, 0) is 23.5 Å². The highest BCUT2D eigenvalue weighted by Gasteiger charge is 2.49. The lowest BCUT2D eigenvalue weighted by molar-refractivity contribution is -0.220. The van der Waals surface area contributed by atoms with Crippen molar-refractivity contribution >= 4 is 50.9 Å². The van der Waals surface area contributed by atoms with Crippen molar-refractivity contribution < 1.29 is 27.9 Å². The van der Waals surface area contributed by atoms with E-state index in [1.807, 2.05) is 104 Å². The predicted octanol–water partition coefficient (Wildman–Crippen LogP) is 4.70. The van der Waals surface area contributed by atoms with Gasteiger partial charge in [0.25, 0.3) is 15.9 Å². The zero-order valence-corrected chi connectivity index (χ0v) is 30.4. The van der Waals surface area contributed by atoms with E-state index in [1.165, 1.54) is 0 Å². The zero-order chi connectivity index (χ0) is 32.2. The molecular weight excluding hydrogens is 594 g/mol. The summed E-state index contributed by atoms with van der Waals surface area (Å²) in [6.45, 7) is 21.0. The highest BCUT2D eigenvalue weighted by atomic mass is 31.2. The molecule has 0 unspecified atom stereocenters. The largest absolute Gasteiger partial charge is 0.627 e. The maximum atomic E-state index is 15.2. The summed E-state index contributed by atoms with van der Waals surface area (Å²) < 4.78 is 25.1. The molecule has 0 saturated heterocycles. The van der Waals surface area contributed by atoms with Crippen molar-refractivity contribution in [1.82, 2.24) is 0 Å². The molecule has 0 aliphatic heterocycles. The first kappa shape index (κ1) is 36.0. The lowest BCUT2D eigenvalue weighted by Gasteiger charge is -2.38. The monoisotopic (exact) mass is 643 g/mol. The van der Waals surface area contributed by atoms with Crippen LogP contribution in [0.5, 0.6) is 0 Å². The van der Waals surface area contributed by atoms with Gasteiger partial charge in [-0.3, -0.25) is 0 Å². The van der Waals surface area contributed by atoms with E-state index < -0.39 is 54.5 Å². The smallest absolute Gasteiger partial charge is 0.271 e. The van der Waals surface area contributed by atoms with E-state index in [1.54, 1.807) is 0 Å². The van der Waals surface area contributed by atoms with Gasteiger partial charge in [0, 0.05) is 5.19 Å². The Hall–Kier alpha value is -1.50. The first-order valence-corrected chi connectivity index (χ1v) is 19.7. The predicted molar refractivity (Wildman–Crippen MR) is 181 cm³/mol. The van der Waals surface area contributed by atoms with Crippen LogP contribution in [0.4, 0.5) is 0 Å². The fourth-order valence-corrected chi connectivity index (χ4v) is 13.1. The Balaban J connectivity index is 2.66. The molecule has 3 rings (SSSR count). The van der Waals surface area contributed by atoms with Crippen molar-refractivity contribution in [3.63, 3.8) is 0 Å². The van der Waals surface area contributed by atoms with E-state index in [2.05, 4.69) is 45.0 Å². The van der Waals surface area contributed by atoms with Crippen molar-refractivity contribution in [2.75, 3.05) is 0 Å². The zero-order valence-electron chi connectivity index (χ0n) is 27.6. The van der Waals surface area contributed by atoms with Crippen LogP contribution in [0.2, 0.25) is 0 Å². The second kappa shape index (κ2) is 14.7. The average Bonchev–Trinajstić information content (AvgIpc) is 2.87. The Kier molecular flexibility index (Phi) is 12.3. The van der Waals surface area contributed by atoms with E-state index >= 15 is 9.79 Å². The van der Waals surface area contributed by atoms with Gasteiger partial charge < -0.3 is 9.79 Å². The van der Waals surface area contributed by atoms with Crippen molar-refractivity contribution in [1.29, 1.82) is 0 Å². The van der Waals surface area contributed by atoms with Gasteiger partial charge in [-0.25, -0.2) is 18.1 Å². The molecular formula is C34H49O6P2Si. The minimum Gasteiger partial charge on any atom is -0.627 e. The summed E-state index contributed by atoms with van der Waals surface area (Å²) in [6, 6.07) is 24.1. The van der Waals surface area contributed by atoms with Gasteiger partial charge in [-0.15, -0.1) is 0 Å². The summed E-state index contributed by atoms with van der Waals surface area (Å²) >= 11 is 0. The molecule has 3 aromatic carbocycles. The molecule has 0 atom stereocenters. The van der Waals surface area contributed by atoms with Crippen LogP contribution in [0.25, 0.3) is 0 Å². The second-order valence-electron chi connectivity index (χ2n) is 12.9. The maximum Gasteiger partial charge on any atom is 0.271 e. The second-order valence-corrected chi connectivity index (χ2v) is 19.1. The number of benzene rings is 3. The van der Waals surface area contributed by atoms with Crippen LogP contribution in [0.1, 0.15) is 81.7 Å². The van der Waals surface area contributed by atoms with Gasteiger partial charge in [0.05, 0.1) is 24.4 Å². The van der Waals surface area contributed by atoms with E-state index in [0.29, 0.717) is 15.8 Å². The SMILES string of the molecule is CC(C)O[P+]([O-])(OC(C)C)c1cc(C(C)(C)C)cc([P+]([O-])(OC(C)C)OC(C)C)c1[Si](c1ccccc1)c1ccccc1. The summed E-state index contributed by atoms with van der Waals surface area (Å²) in [6.07, 6.45) is -1.58. The lowest BCUT2D eigenvalue weighted by Crippen LogP contribution is -2.64. The Bertz CT molecular complexity index is 1200. The molecule has 0 aromatic heterocycles. The van der Waals surface area contributed by atoms with Crippen LogP contribution >= 0.6 is 15.9 Å². The van der Waals surface area contributed by atoms with Gasteiger partial charge in [-0.1, -0.05) is 91.8 Å². The van der Waals surface area contributed by atoms with E-state index in [0.717, 1.165) is 15.9 Å². The highest BCUT2D eigenvalue weighted by molar-refractivity contribution is 7.70. The summed E-state index contributed by atoms with van der Waals surface area (Å²) in [5, 5.41) is 3.55. The molecule has 0 aliphatic rings. The summed E-state index contributed by atoms with van der Waals surface area (Å²) in [5.41, 5.74) is 0.443. The van der Waals surface area contributed by atoms with Crippen LogP contribution in [0.15, 0.2) is 72.8 Å². The summed E-state index contributed by atoms with van der Waals surface area (Å²) in [5.74, 6) is 0. The van der Waals surface area contributed by atoms with Crippen LogP contribution in [-0.4, -0.2) is 33.2 Å². The Labute approximate surface area is 262 Å². The van der Waals surface area contributed by atoms with Gasteiger partial charge in [-0.2, -0.15) is 0 Å². The molecule has 0 N–H and O–H groups in total. The minimum atomic E-state index is -3.98. The molecule has 0 bridgehead atoms. The number of hydrogen-bond donors (Lipinski definition) is 0.